The Balaban J connectivity index is 1.29. The van der Waals surface area contributed by atoms with E-state index in [1.807, 2.05) is 30.3 Å². The molecule has 1 aromatic heterocycles. The third-order valence-corrected chi connectivity index (χ3v) is 7.09. The first-order valence-electron chi connectivity index (χ1n) is 12.2. The van der Waals surface area contributed by atoms with Crippen LogP contribution in [-0.2, 0) is 22.6 Å². The van der Waals surface area contributed by atoms with E-state index < -0.39 is 5.54 Å². The summed E-state index contributed by atoms with van der Waals surface area (Å²) in [7, 11) is 1.65. The maximum absolute atomic E-state index is 13.7. The molecule has 186 valence electrons. The minimum atomic E-state index is -0.803. The summed E-state index contributed by atoms with van der Waals surface area (Å²) in [6.07, 6.45) is 3.58. The normalized spacial score (nSPS) is 19.6. The molecular weight excluding hydrogens is 448 g/mol. The number of hydrogen-bond donors (Lipinski definition) is 0. The van der Waals surface area contributed by atoms with Crippen LogP contribution < -0.4 is 9.47 Å². The number of carbonyl (C=O) groups is 2. The van der Waals surface area contributed by atoms with Crippen LogP contribution in [0, 0.1) is 0 Å². The van der Waals surface area contributed by atoms with Crippen molar-refractivity contribution in [2.75, 3.05) is 46.6 Å². The van der Waals surface area contributed by atoms with E-state index in [2.05, 4.69) is 16.0 Å². The zero-order chi connectivity index (χ0) is 24.3. The van der Waals surface area contributed by atoms with Crippen LogP contribution >= 0.6 is 0 Å². The van der Waals surface area contributed by atoms with E-state index >= 15 is 0 Å². The smallest absolute Gasteiger partial charge is 0.328 e. The molecule has 3 aliphatic heterocycles. The molecule has 3 amide bonds. The summed E-state index contributed by atoms with van der Waals surface area (Å²) < 4.78 is 16.6. The fraction of sp³-hybridized carbons (Fsp3) is 0.500. The summed E-state index contributed by atoms with van der Waals surface area (Å²) in [4.78, 5) is 37.0. The summed E-state index contributed by atoms with van der Waals surface area (Å²) in [6.45, 7) is 4.59. The van der Waals surface area contributed by atoms with Crippen LogP contribution in [-0.4, -0.2) is 83.7 Å². The van der Waals surface area contributed by atoms with Crippen molar-refractivity contribution in [1.29, 1.82) is 0 Å². The van der Waals surface area contributed by atoms with Gasteiger partial charge in [0.25, 0.3) is 5.91 Å². The van der Waals surface area contributed by atoms with Gasteiger partial charge in [-0.1, -0.05) is 12.1 Å². The molecule has 3 aliphatic rings. The number of hydrogen-bond acceptors (Lipinski definition) is 7. The Hall–Kier alpha value is -3.17. The topological polar surface area (TPSA) is 84.4 Å². The lowest BCUT2D eigenvalue weighted by Gasteiger charge is -2.42. The van der Waals surface area contributed by atoms with Crippen LogP contribution in [0.3, 0.4) is 0 Å². The van der Waals surface area contributed by atoms with Crippen molar-refractivity contribution in [3.63, 3.8) is 0 Å². The van der Waals surface area contributed by atoms with Gasteiger partial charge >= 0.3 is 6.03 Å². The number of amides is 3. The molecule has 35 heavy (non-hydrogen) atoms. The van der Waals surface area contributed by atoms with Crippen LogP contribution in [0.2, 0.25) is 0 Å². The molecule has 9 nitrogen and oxygen atoms in total. The molecular formula is C26H32N4O5. The van der Waals surface area contributed by atoms with Crippen LogP contribution in [0.5, 0.6) is 11.5 Å². The number of pyridine rings is 1. The summed E-state index contributed by atoms with van der Waals surface area (Å²) >= 11 is 0. The SMILES string of the molecule is COCCCN1C(=O)N(Cc2ccccn2)C(=O)C12CCN(Cc1ccc3c(c1)OCCO3)CC2. The van der Waals surface area contributed by atoms with Gasteiger partial charge in [0.2, 0.25) is 0 Å². The predicted molar refractivity (Wildman–Crippen MR) is 128 cm³/mol. The first-order valence-corrected chi connectivity index (χ1v) is 12.2. The number of fused-ring (bicyclic) bond motifs is 1. The molecule has 0 N–H and O–H groups in total. The van der Waals surface area contributed by atoms with Crippen LogP contribution in [0.1, 0.15) is 30.5 Å². The highest BCUT2D eigenvalue weighted by Crippen LogP contribution is 2.39. The standard InChI is InChI=1S/C26H32N4O5/c1-33-14-4-11-30-25(32)29(19-21-5-2-3-10-27-21)24(31)26(30)8-12-28(13-9-26)18-20-6-7-22-23(17-20)35-16-15-34-22/h2-3,5-7,10,17H,4,8-9,11-16,18-19H2,1H3. The van der Waals surface area contributed by atoms with E-state index in [0.29, 0.717) is 51.3 Å². The van der Waals surface area contributed by atoms with Gasteiger partial charge in [0.1, 0.15) is 18.8 Å². The van der Waals surface area contributed by atoms with Crippen molar-refractivity contribution >= 4 is 11.9 Å². The second-order valence-corrected chi connectivity index (χ2v) is 9.28. The summed E-state index contributed by atoms with van der Waals surface area (Å²) in [6, 6.07) is 11.4. The van der Waals surface area contributed by atoms with E-state index in [9.17, 15) is 9.59 Å². The molecule has 9 heteroatoms. The molecule has 0 atom stereocenters. The second kappa shape index (κ2) is 10.2. The number of likely N-dealkylation sites (tertiary alicyclic amines) is 1. The van der Waals surface area contributed by atoms with Crippen LogP contribution in [0.15, 0.2) is 42.6 Å². The second-order valence-electron chi connectivity index (χ2n) is 9.28. The highest BCUT2D eigenvalue weighted by atomic mass is 16.6. The molecule has 0 bridgehead atoms. The molecule has 0 unspecified atom stereocenters. The Morgan fingerprint density at radius 2 is 1.83 bits per heavy atom. The summed E-state index contributed by atoms with van der Waals surface area (Å²) in [5, 5.41) is 0. The number of rotatable bonds is 8. The van der Waals surface area contributed by atoms with Gasteiger partial charge in [-0.25, -0.2) is 4.79 Å². The van der Waals surface area contributed by atoms with Crippen molar-refractivity contribution < 1.29 is 23.8 Å². The van der Waals surface area contributed by atoms with E-state index in [1.165, 1.54) is 4.90 Å². The van der Waals surface area contributed by atoms with Crippen molar-refractivity contribution in [3.05, 3.63) is 53.9 Å². The van der Waals surface area contributed by atoms with Gasteiger partial charge in [0.15, 0.2) is 11.5 Å². The number of aromatic nitrogens is 1. The number of benzene rings is 1. The molecule has 4 heterocycles. The number of imide groups is 1. The molecule has 2 aromatic rings. The predicted octanol–water partition coefficient (Wildman–Crippen LogP) is 2.69. The maximum Gasteiger partial charge on any atom is 0.328 e. The van der Waals surface area contributed by atoms with Gasteiger partial charge in [0, 0.05) is 46.1 Å². The first kappa shape index (κ1) is 23.6. The third-order valence-electron chi connectivity index (χ3n) is 7.09. The zero-order valence-electron chi connectivity index (χ0n) is 20.1. The Bertz CT molecular complexity index is 1050. The monoisotopic (exact) mass is 480 g/mol. The Morgan fingerprint density at radius 1 is 1.03 bits per heavy atom. The number of ether oxygens (including phenoxy) is 3. The molecule has 1 aromatic carbocycles. The number of carbonyl (C=O) groups excluding carboxylic acids is 2. The van der Waals surface area contributed by atoms with Crippen molar-refractivity contribution in [2.45, 2.75) is 37.9 Å². The molecule has 2 fully saturated rings. The summed E-state index contributed by atoms with van der Waals surface area (Å²) in [5.74, 6) is 1.46. The van der Waals surface area contributed by atoms with E-state index in [0.717, 1.165) is 36.7 Å². The first-order chi connectivity index (χ1) is 17.1. The third kappa shape index (κ3) is 4.70. The van der Waals surface area contributed by atoms with Gasteiger partial charge in [-0.15, -0.1) is 0 Å². The lowest BCUT2D eigenvalue weighted by atomic mass is 9.85. The minimum absolute atomic E-state index is 0.107. The maximum atomic E-state index is 13.7. The largest absolute Gasteiger partial charge is 0.486 e. The van der Waals surface area contributed by atoms with E-state index in [4.69, 9.17) is 14.2 Å². The molecule has 0 aliphatic carbocycles. The molecule has 0 saturated carbocycles. The number of nitrogens with zero attached hydrogens (tertiary/aromatic N) is 4. The van der Waals surface area contributed by atoms with Crippen molar-refractivity contribution in [2.24, 2.45) is 0 Å². The van der Waals surface area contributed by atoms with Gasteiger partial charge in [-0.3, -0.25) is 19.6 Å². The van der Waals surface area contributed by atoms with Gasteiger partial charge in [0.05, 0.1) is 12.2 Å². The van der Waals surface area contributed by atoms with Crippen molar-refractivity contribution in [1.82, 2.24) is 19.7 Å². The molecule has 2 saturated heterocycles. The lowest BCUT2D eigenvalue weighted by Crippen LogP contribution is -2.56. The average Bonchev–Trinajstić information content (AvgIpc) is 3.07. The Labute approximate surface area is 205 Å². The Kier molecular flexibility index (Phi) is 6.88. The lowest BCUT2D eigenvalue weighted by molar-refractivity contribution is -0.136. The summed E-state index contributed by atoms with van der Waals surface area (Å²) in [5.41, 5.74) is 1.05. The highest BCUT2D eigenvalue weighted by Gasteiger charge is 2.57. The Morgan fingerprint density at radius 3 is 2.57 bits per heavy atom. The van der Waals surface area contributed by atoms with Crippen LogP contribution in [0.4, 0.5) is 4.79 Å². The average molecular weight is 481 g/mol. The minimum Gasteiger partial charge on any atom is -0.486 e. The van der Waals surface area contributed by atoms with Gasteiger partial charge < -0.3 is 19.1 Å². The molecule has 1 spiro atoms. The van der Waals surface area contributed by atoms with Crippen LogP contribution in [0.25, 0.3) is 0 Å². The van der Waals surface area contributed by atoms with Gasteiger partial charge in [-0.2, -0.15) is 0 Å². The number of piperidine rings is 1. The zero-order valence-corrected chi connectivity index (χ0v) is 20.1. The van der Waals surface area contributed by atoms with E-state index in [-0.39, 0.29) is 18.5 Å². The quantitative estimate of drug-likeness (QED) is 0.424. The number of methoxy groups -OCH3 is 1. The highest BCUT2D eigenvalue weighted by molar-refractivity contribution is 6.07. The molecule has 5 rings (SSSR count). The van der Waals surface area contributed by atoms with Gasteiger partial charge in [-0.05, 0) is 49.1 Å². The fourth-order valence-electron chi connectivity index (χ4n) is 5.26. The number of urea groups is 1. The van der Waals surface area contributed by atoms with Crippen molar-refractivity contribution in [3.8, 4) is 11.5 Å². The molecule has 0 radical (unpaired) electrons. The fourth-order valence-corrected chi connectivity index (χ4v) is 5.26. The van der Waals surface area contributed by atoms with E-state index in [1.54, 1.807) is 18.2 Å².